The minimum atomic E-state index is -0.920. The van der Waals surface area contributed by atoms with E-state index in [0.717, 1.165) is 28.7 Å². The summed E-state index contributed by atoms with van der Waals surface area (Å²) in [5.74, 6) is -1.92. The average molecular weight is 475 g/mol. The highest BCUT2D eigenvalue weighted by Crippen LogP contribution is 2.44. The molecule has 2 aliphatic rings. The van der Waals surface area contributed by atoms with E-state index in [2.05, 4.69) is 27.9 Å². The van der Waals surface area contributed by atoms with Gasteiger partial charge in [-0.3, -0.25) is 19.6 Å². The van der Waals surface area contributed by atoms with Crippen LogP contribution in [0.2, 0.25) is 0 Å². The van der Waals surface area contributed by atoms with Gasteiger partial charge in [0, 0.05) is 19.0 Å². The quantitative estimate of drug-likeness (QED) is 0.500. The Morgan fingerprint density at radius 2 is 1.71 bits per heavy atom. The molecule has 0 aliphatic heterocycles. The van der Waals surface area contributed by atoms with E-state index in [-0.39, 0.29) is 23.9 Å². The monoisotopic (exact) mass is 474 g/mol. The highest BCUT2D eigenvalue weighted by molar-refractivity contribution is 6.02. The maximum Gasteiger partial charge on any atom is 0.412 e. The smallest absolute Gasteiger partial charge is 0.412 e. The van der Waals surface area contributed by atoms with Gasteiger partial charge in [0.05, 0.1) is 12.1 Å². The van der Waals surface area contributed by atoms with Crippen molar-refractivity contribution in [2.45, 2.75) is 31.2 Å². The molecule has 5 rings (SSSR count). The molecular formula is C26H26N4O5. The van der Waals surface area contributed by atoms with Crippen LogP contribution in [0.5, 0.6) is 0 Å². The highest BCUT2D eigenvalue weighted by Gasteiger charge is 2.35. The second-order valence-corrected chi connectivity index (χ2v) is 8.94. The fraction of sp³-hybridized carbons (Fsp3) is 0.308. The summed E-state index contributed by atoms with van der Waals surface area (Å²) in [7, 11) is 1.60. The normalized spacial score (nSPS) is 18.5. The number of anilines is 1. The van der Waals surface area contributed by atoms with E-state index >= 15 is 0 Å². The zero-order valence-corrected chi connectivity index (χ0v) is 19.2. The number of benzene rings is 2. The van der Waals surface area contributed by atoms with Crippen molar-refractivity contribution in [2.24, 2.45) is 13.0 Å². The van der Waals surface area contributed by atoms with Gasteiger partial charge in [-0.05, 0) is 35.1 Å². The molecule has 9 heteroatoms. The number of carbonyl (C=O) groups is 3. The van der Waals surface area contributed by atoms with E-state index < -0.39 is 29.9 Å². The van der Waals surface area contributed by atoms with Crippen molar-refractivity contribution in [1.29, 1.82) is 0 Å². The third kappa shape index (κ3) is 4.25. The number of hydrogen-bond donors (Lipinski definition) is 3. The van der Waals surface area contributed by atoms with Crippen LogP contribution >= 0.6 is 0 Å². The number of aromatic nitrogens is 2. The fourth-order valence-electron chi connectivity index (χ4n) is 5.16. The summed E-state index contributed by atoms with van der Waals surface area (Å²) in [6.45, 7) is 0.140. The number of rotatable bonds is 6. The van der Waals surface area contributed by atoms with Crippen molar-refractivity contribution >= 4 is 23.8 Å². The molecule has 0 spiro atoms. The molecule has 1 fully saturated rings. The van der Waals surface area contributed by atoms with E-state index in [1.165, 1.54) is 10.9 Å². The van der Waals surface area contributed by atoms with Gasteiger partial charge in [-0.15, -0.1) is 0 Å². The van der Waals surface area contributed by atoms with Gasteiger partial charge in [0.2, 0.25) is 0 Å². The standard InChI is InChI=1S/C26H26N4O5/c1-30-23(20(13-27-30)24(31)28-22-12-6-11-19(22)25(32)33)29-26(34)35-14-21-17-9-4-2-7-15(17)16-8-3-5-10-18(16)21/h2-5,7-10,13,19,21-22H,6,11-12,14H2,1H3,(H,28,31)(H,29,34)(H,32,33). The Labute approximate surface area is 202 Å². The first-order valence-corrected chi connectivity index (χ1v) is 11.6. The lowest BCUT2D eigenvalue weighted by molar-refractivity contribution is -0.142. The molecule has 2 aromatic carbocycles. The first-order chi connectivity index (χ1) is 16.9. The number of aryl methyl sites for hydroxylation is 1. The van der Waals surface area contributed by atoms with Gasteiger partial charge in [0.25, 0.3) is 5.91 Å². The molecule has 2 aliphatic carbocycles. The summed E-state index contributed by atoms with van der Waals surface area (Å²) in [4.78, 5) is 37.0. The van der Waals surface area contributed by atoms with Crippen molar-refractivity contribution in [1.82, 2.24) is 15.1 Å². The molecule has 35 heavy (non-hydrogen) atoms. The zero-order valence-electron chi connectivity index (χ0n) is 19.2. The zero-order chi connectivity index (χ0) is 24.5. The van der Waals surface area contributed by atoms with Crippen LogP contribution in [0, 0.1) is 5.92 Å². The molecule has 2 atom stereocenters. The Hall–Kier alpha value is -4.14. The van der Waals surface area contributed by atoms with E-state index in [0.29, 0.717) is 12.8 Å². The molecule has 3 N–H and O–H groups in total. The maximum atomic E-state index is 12.9. The van der Waals surface area contributed by atoms with Crippen molar-refractivity contribution in [3.63, 3.8) is 0 Å². The number of carboxylic acid groups (broad SMARTS) is 1. The molecule has 9 nitrogen and oxygen atoms in total. The number of nitrogens with one attached hydrogen (secondary N) is 2. The highest BCUT2D eigenvalue weighted by atomic mass is 16.5. The largest absolute Gasteiger partial charge is 0.481 e. The molecule has 3 aromatic rings. The first-order valence-electron chi connectivity index (χ1n) is 11.6. The van der Waals surface area contributed by atoms with Crippen molar-refractivity contribution in [2.75, 3.05) is 11.9 Å². The molecule has 0 saturated heterocycles. The van der Waals surface area contributed by atoms with Crippen LogP contribution in [-0.4, -0.2) is 45.5 Å². The second-order valence-electron chi connectivity index (χ2n) is 8.94. The Balaban J connectivity index is 1.27. The number of carboxylic acids is 1. The van der Waals surface area contributed by atoms with Gasteiger partial charge in [-0.2, -0.15) is 5.10 Å². The minimum Gasteiger partial charge on any atom is -0.481 e. The van der Waals surface area contributed by atoms with Gasteiger partial charge in [0.15, 0.2) is 0 Å². The second kappa shape index (κ2) is 9.25. The Morgan fingerprint density at radius 1 is 1.06 bits per heavy atom. The SMILES string of the molecule is Cn1ncc(C(=O)NC2CCCC2C(=O)O)c1NC(=O)OCC1c2ccccc2-c2ccccc21. The fourth-order valence-corrected chi connectivity index (χ4v) is 5.16. The predicted octanol–water partition coefficient (Wildman–Crippen LogP) is 3.76. The van der Waals surface area contributed by atoms with Crippen molar-refractivity contribution in [3.8, 4) is 11.1 Å². The number of nitrogens with zero attached hydrogens (tertiary/aromatic N) is 2. The molecule has 0 bridgehead atoms. The lowest BCUT2D eigenvalue weighted by Gasteiger charge is -2.18. The summed E-state index contributed by atoms with van der Waals surface area (Å²) >= 11 is 0. The van der Waals surface area contributed by atoms with Gasteiger partial charge >= 0.3 is 12.1 Å². The van der Waals surface area contributed by atoms with Gasteiger partial charge < -0.3 is 15.2 Å². The Morgan fingerprint density at radius 3 is 2.37 bits per heavy atom. The van der Waals surface area contributed by atoms with E-state index in [1.54, 1.807) is 7.05 Å². The van der Waals surface area contributed by atoms with Gasteiger partial charge in [0.1, 0.15) is 18.0 Å². The number of fused-ring (bicyclic) bond motifs is 3. The molecule has 180 valence electrons. The molecule has 1 aromatic heterocycles. The number of aliphatic carboxylic acids is 1. The van der Waals surface area contributed by atoms with Crippen LogP contribution in [0.25, 0.3) is 11.1 Å². The van der Waals surface area contributed by atoms with Gasteiger partial charge in [-0.25, -0.2) is 4.79 Å². The van der Waals surface area contributed by atoms with Crippen molar-refractivity contribution in [3.05, 3.63) is 71.4 Å². The van der Waals surface area contributed by atoms with E-state index in [4.69, 9.17) is 4.74 Å². The Kier molecular flexibility index (Phi) is 5.98. The van der Waals surface area contributed by atoms with Crippen LogP contribution in [-0.2, 0) is 16.6 Å². The Bertz CT molecular complexity index is 1250. The first kappa shape index (κ1) is 22.6. The summed E-state index contributed by atoms with van der Waals surface area (Å²) in [5.41, 5.74) is 4.62. The summed E-state index contributed by atoms with van der Waals surface area (Å²) in [5, 5.41) is 18.9. The molecule has 2 amide bonds. The third-order valence-electron chi connectivity index (χ3n) is 6.90. The van der Waals surface area contributed by atoms with E-state index in [1.807, 2.05) is 36.4 Å². The van der Waals surface area contributed by atoms with Crippen LogP contribution in [0.1, 0.15) is 46.7 Å². The number of hydrogen-bond acceptors (Lipinski definition) is 5. The summed E-state index contributed by atoms with van der Waals surface area (Å²) in [6.07, 6.45) is 2.50. The average Bonchev–Trinajstić information content (AvgIpc) is 3.54. The molecular weight excluding hydrogens is 448 g/mol. The van der Waals surface area contributed by atoms with Crippen LogP contribution in [0.4, 0.5) is 10.6 Å². The number of ether oxygens (including phenoxy) is 1. The van der Waals surface area contributed by atoms with Crippen LogP contribution in [0.15, 0.2) is 54.7 Å². The van der Waals surface area contributed by atoms with E-state index in [9.17, 15) is 19.5 Å². The number of carbonyl (C=O) groups excluding carboxylic acids is 2. The topological polar surface area (TPSA) is 123 Å². The number of amides is 2. The summed E-state index contributed by atoms with van der Waals surface area (Å²) < 4.78 is 6.96. The lowest BCUT2D eigenvalue weighted by Crippen LogP contribution is -2.40. The van der Waals surface area contributed by atoms with Gasteiger partial charge in [-0.1, -0.05) is 55.0 Å². The third-order valence-corrected chi connectivity index (χ3v) is 6.90. The maximum absolute atomic E-state index is 12.9. The molecule has 1 saturated carbocycles. The lowest BCUT2D eigenvalue weighted by atomic mass is 9.98. The molecule has 1 heterocycles. The molecule has 2 unspecified atom stereocenters. The van der Waals surface area contributed by atoms with Crippen LogP contribution < -0.4 is 10.6 Å². The minimum absolute atomic E-state index is 0.0854. The summed E-state index contributed by atoms with van der Waals surface area (Å²) in [6, 6.07) is 15.7. The van der Waals surface area contributed by atoms with Crippen LogP contribution in [0.3, 0.4) is 0 Å². The predicted molar refractivity (Wildman–Crippen MR) is 128 cm³/mol. The molecule has 0 radical (unpaired) electrons. The van der Waals surface area contributed by atoms with Crippen molar-refractivity contribution < 1.29 is 24.2 Å².